The number of carbonyl (C=O) groups is 2. The van der Waals surface area contributed by atoms with Gasteiger partial charge in [-0.1, -0.05) is 30.3 Å². The summed E-state index contributed by atoms with van der Waals surface area (Å²) in [6.07, 6.45) is -1.19. The normalized spacial score (nSPS) is 15.8. The van der Waals surface area contributed by atoms with Gasteiger partial charge in [0.15, 0.2) is 0 Å². The Labute approximate surface area is 105 Å². The van der Waals surface area contributed by atoms with Crippen molar-refractivity contribution in [1.29, 1.82) is 0 Å². The van der Waals surface area contributed by atoms with E-state index < -0.39 is 18.2 Å². The number of cyclic esters (lactones) is 2. The van der Waals surface area contributed by atoms with Crippen molar-refractivity contribution in [2.45, 2.75) is 12.7 Å². The Bertz CT molecular complexity index is 366. The summed E-state index contributed by atoms with van der Waals surface area (Å²) in [7, 11) is 1.86. The van der Waals surface area contributed by atoms with E-state index >= 15 is 0 Å². The molecule has 17 heavy (non-hydrogen) atoms. The Kier molecular flexibility index (Phi) is 5.60. The van der Waals surface area contributed by atoms with Gasteiger partial charge in [-0.25, -0.2) is 0 Å². The van der Waals surface area contributed by atoms with Crippen molar-refractivity contribution in [1.82, 2.24) is 0 Å². The first-order valence-electron chi connectivity index (χ1n) is 5.01. The minimum Gasteiger partial charge on any atom is -0.471 e. The van der Waals surface area contributed by atoms with E-state index in [-0.39, 0.29) is 6.42 Å². The number of carbonyl (C=O) groups excluding carboxylic acids is 2. The van der Waals surface area contributed by atoms with Crippen LogP contribution in [0.2, 0.25) is 0 Å². The number of benzene rings is 1. The molecule has 92 valence electrons. The van der Waals surface area contributed by atoms with Crippen LogP contribution in [0, 0.1) is 0 Å². The van der Waals surface area contributed by atoms with Crippen LogP contribution < -0.4 is 0 Å². The maximum absolute atomic E-state index is 10.9. The first kappa shape index (κ1) is 13.6. The average molecular weight is 270 g/mol. The van der Waals surface area contributed by atoms with Crippen LogP contribution in [0.5, 0.6) is 0 Å². The summed E-state index contributed by atoms with van der Waals surface area (Å²) in [6, 6.07) is 8.86. The van der Waals surface area contributed by atoms with Gasteiger partial charge in [0.05, 0.1) is 0 Å². The van der Waals surface area contributed by atoms with E-state index in [1.807, 2.05) is 6.07 Å². The molecular weight excluding hydrogens is 256 g/mol. The molecule has 0 N–H and O–H groups in total. The molecule has 1 aromatic carbocycles. The van der Waals surface area contributed by atoms with E-state index in [2.05, 4.69) is 4.12 Å². The predicted molar refractivity (Wildman–Crippen MR) is 66.9 cm³/mol. The predicted octanol–water partition coefficient (Wildman–Crippen LogP) is -1.26. The van der Waals surface area contributed by atoms with Gasteiger partial charge in [-0.05, 0) is 0 Å². The third-order valence-electron chi connectivity index (χ3n) is 1.84. The molecule has 1 aliphatic rings. The van der Waals surface area contributed by atoms with Crippen LogP contribution in [-0.2, 0) is 23.2 Å². The Morgan fingerprint density at radius 3 is 2.00 bits per heavy atom. The molecule has 1 heterocycles. The smallest absolute Gasteiger partial charge is 0.320 e. The van der Waals surface area contributed by atoms with E-state index in [9.17, 15) is 9.59 Å². The zero-order valence-corrected chi connectivity index (χ0v) is 13.7. The van der Waals surface area contributed by atoms with Crippen molar-refractivity contribution >= 4 is 32.9 Å². The first-order valence-corrected chi connectivity index (χ1v) is 6.64. The lowest BCUT2D eigenvalue weighted by Gasteiger charge is -2.22. The Morgan fingerprint density at radius 2 is 1.53 bits per heavy atom. The van der Waals surface area contributed by atoms with Gasteiger partial charge in [-0.15, -0.1) is 0 Å². The van der Waals surface area contributed by atoms with Gasteiger partial charge >= 0.3 is 11.9 Å². The second kappa shape index (κ2) is 6.99. The molecule has 1 fully saturated rings. The zero-order chi connectivity index (χ0) is 12.7. The molecule has 0 radical (unpaired) electrons. The second-order valence-electron chi connectivity index (χ2n) is 3.31. The molecule has 0 bridgehead atoms. The quantitative estimate of drug-likeness (QED) is 0.362. The summed E-state index contributed by atoms with van der Waals surface area (Å²) in [4.78, 5) is 21.9. The molecule has 0 spiro atoms. The zero-order valence-electron chi connectivity index (χ0n) is 9.71. The molecule has 0 unspecified atom stereocenters. The number of hydrogen-bond donors (Lipinski definition) is 0. The highest BCUT2D eigenvalue weighted by atomic mass is 28.3. The number of esters is 2. The first-order chi connectivity index (χ1) is 8.17. The van der Waals surface area contributed by atoms with Crippen molar-refractivity contribution in [3.05, 3.63) is 35.9 Å². The second-order valence-corrected chi connectivity index (χ2v) is 6.57. The fraction of sp³-hybridized carbons (Fsp3) is 0.200. The highest BCUT2D eigenvalue weighted by Crippen LogP contribution is 2.23. The van der Waals surface area contributed by atoms with E-state index in [4.69, 9.17) is 9.47 Å². The molecule has 1 aromatic rings. The standard InChI is InChI=1S/C10H8O4.H6OSi2/c11-8-6-9(12)14-10(13-8)7-4-2-1-3-5-7;2-1-3/h1-5,10H,6H2;2-3H3. The molecule has 0 amide bonds. The van der Waals surface area contributed by atoms with Crippen molar-refractivity contribution in [3.8, 4) is 0 Å². The lowest BCUT2D eigenvalue weighted by atomic mass is 10.2. The van der Waals surface area contributed by atoms with Crippen LogP contribution in [-0.4, -0.2) is 32.9 Å². The molecule has 7 heteroatoms. The summed E-state index contributed by atoms with van der Waals surface area (Å²) >= 11 is 0. The lowest BCUT2D eigenvalue weighted by Crippen LogP contribution is -2.26. The van der Waals surface area contributed by atoms with Crippen LogP contribution >= 0.6 is 0 Å². The summed E-state index contributed by atoms with van der Waals surface area (Å²) in [5, 5.41) is 0. The molecule has 2 rings (SSSR count). The van der Waals surface area contributed by atoms with Gasteiger partial charge < -0.3 is 13.6 Å². The molecule has 0 atom stereocenters. The SMILES string of the molecule is O=C1CC(=O)OC(c2ccccc2)O1.[SiH3]O[SiH3]. The number of rotatable bonds is 1. The van der Waals surface area contributed by atoms with E-state index in [1.165, 1.54) is 0 Å². The highest BCUT2D eigenvalue weighted by molar-refractivity contribution is 6.15. The van der Waals surface area contributed by atoms with Crippen LogP contribution in [0.25, 0.3) is 0 Å². The topological polar surface area (TPSA) is 61.8 Å². The highest BCUT2D eigenvalue weighted by Gasteiger charge is 2.28. The minimum atomic E-state index is -0.884. The monoisotopic (exact) mass is 270 g/mol. The number of ether oxygens (including phenoxy) is 2. The molecule has 0 saturated carbocycles. The fourth-order valence-corrected chi connectivity index (χ4v) is 1.21. The van der Waals surface area contributed by atoms with Crippen LogP contribution in [0.1, 0.15) is 18.3 Å². The molecule has 5 nitrogen and oxygen atoms in total. The molecule has 0 aliphatic carbocycles. The maximum atomic E-state index is 10.9. The lowest BCUT2D eigenvalue weighted by molar-refractivity contribution is -0.204. The van der Waals surface area contributed by atoms with E-state index in [0.29, 0.717) is 5.56 Å². The Morgan fingerprint density at radius 1 is 1.06 bits per heavy atom. The summed E-state index contributed by atoms with van der Waals surface area (Å²) in [5.41, 5.74) is 0.661. The summed E-state index contributed by atoms with van der Waals surface area (Å²) < 4.78 is 14.2. The summed E-state index contributed by atoms with van der Waals surface area (Å²) in [6.45, 7) is 0. The van der Waals surface area contributed by atoms with Gasteiger partial charge in [0.2, 0.25) is 0 Å². The Hall–Kier alpha value is -1.45. The van der Waals surface area contributed by atoms with Crippen LogP contribution in [0.3, 0.4) is 0 Å². The van der Waals surface area contributed by atoms with Crippen molar-refractivity contribution in [2.24, 2.45) is 0 Å². The minimum absolute atomic E-state index is 0.302. The fourth-order valence-electron chi connectivity index (χ4n) is 1.21. The van der Waals surface area contributed by atoms with Gasteiger partial charge in [-0.2, -0.15) is 0 Å². The van der Waals surface area contributed by atoms with Crippen molar-refractivity contribution in [2.75, 3.05) is 0 Å². The van der Waals surface area contributed by atoms with Crippen LogP contribution in [0.4, 0.5) is 0 Å². The van der Waals surface area contributed by atoms with Gasteiger partial charge in [-0.3, -0.25) is 9.59 Å². The van der Waals surface area contributed by atoms with Crippen molar-refractivity contribution in [3.63, 3.8) is 0 Å². The molecule has 1 saturated heterocycles. The summed E-state index contributed by atoms with van der Waals surface area (Å²) in [5.74, 6) is -1.09. The van der Waals surface area contributed by atoms with Crippen LogP contribution in [0.15, 0.2) is 30.3 Å². The third-order valence-corrected chi connectivity index (χ3v) is 1.84. The largest absolute Gasteiger partial charge is 0.471 e. The van der Waals surface area contributed by atoms with E-state index in [0.717, 1.165) is 21.0 Å². The number of hydrogen-bond acceptors (Lipinski definition) is 5. The maximum Gasteiger partial charge on any atom is 0.320 e. The molecular formula is C10H14O5Si2. The molecule has 0 aromatic heterocycles. The van der Waals surface area contributed by atoms with Gasteiger partial charge in [0.1, 0.15) is 27.4 Å². The average Bonchev–Trinajstić information content (AvgIpc) is 2.30. The third kappa shape index (κ3) is 4.51. The van der Waals surface area contributed by atoms with Crippen molar-refractivity contribution < 1.29 is 23.2 Å². The van der Waals surface area contributed by atoms with Gasteiger partial charge in [0.25, 0.3) is 6.29 Å². The molecule has 1 aliphatic heterocycles. The Balaban J connectivity index is 0.000000437. The van der Waals surface area contributed by atoms with E-state index in [1.54, 1.807) is 24.3 Å². The van der Waals surface area contributed by atoms with Gasteiger partial charge in [0, 0.05) is 5.56 Å².